The van der Waals surface area contributed by atoms with Gasteiger partial charge in [-0.05, 0) is 54.3 Å². The maximum atomic E-state index is 12.8. The van der Waals surface area contributed by atoms with Crippen LogP contribution >= 0.6 is 11.6 Å². The Bertz CT molecular complexity index is 1050. The van der Waals surface area contributed by atoms with E-state index in [1.54, 1.807) is 36.4 Å². The number of hydrogen-bond acceptors (Lipinski definition) is 4. The summed E-state index contributed by atoms with van der Waals surface area (Å²) in [4.78, 5) is 50.4. The maximum absolute atomic E-state index is 12.8. The van der Waals surface area contributed by atoms with Gasteiger partial charge in [0, 0.05) is 35.8 Å². The second-order valence-corrected chi connectivity index (χ2v) is 8.00. The standard InChI is InChI=1S/C22H21ClN4O4/c23-15-5-7-16(8-6-15)25-22(31)24-11-13-4-9-17-14(10-13)12-27(21(17)30)18-2-1-3-19(28)26-20(18)29/h4-10,18H,1-3,11-12H2,(H2,24,25,31)(H,26,28,29). The van der Waals surface area contributed by atoms with Gasteiger partial charge in [0.2, 0.25) is 11.8 Å². The minimum atomic E-state index is -0.655. The number of halogens is 1. The number of fused-ring (bicyclic) bond motifs is 1. The number of nitrogens with zero attached hydrogens (tertiary/aromatic N) is 1. The van der Waals surface area contributed by atoms with Crippen LogP contribution in [0.5, 0.6) is 0 Å². The van der Waals surface area contributed by atoms with E-state index in [9.17, 15) is 19.2 Å². The molecule has 4 rings (SSSR count). The summed E-state index contributed by atoms with van der Waals surface area (Å²) in [5, 5.41) is 8.43. The van der Waals surface area contributed by atoms with Crippen molar-refractivity contribution in [1.29, 1.82) is 0 Å². The molecule has 8 nitrogen and oxygen atoms in total. The smallest absolute Gasteiger partial charge is 0.319 e. The molecule has 2 heterocycles. The number of urea groups is 1. The second-order valence-electron chi connectivity index (χ2n) is 7.56. The molecule has 1 atom stereocenters. The number of carbonyl (C=O) groups excluding carboxylic acids is 4. The van der Waals surface area contributed by atoms with E-state index in [4.69, 9.17) is 11.6 Å². The van der Waals surface area contributed by atoms with Crippen LogP contribution in [-0.2, 0) is 22.7 Å². The fourth-order valence-electron chi connectivity index (χ4n) is 3.82. The molecule has 2 aromatic carbocycles. The first-order valence-corrected chi connectivity index (χ1v) is 10.4. The highest BCUT2D eigenvalue weighted by molar-refractivity contribution is 6.30. The lowest BCUT2D eigenvalue weighted by atomic mass is 10.1. The van der Waals surface area contributed by atoms with E-state index in [0.29, 0.717) is 35.7 Å². The Morgan fingerprint density at radius 3 is 2.68 bits per heavy atom. The van der Waals surface area contributed by atoms with Gasteiger partial charge in [-0.25, -0.2) is 4.79 Å². The highest BCUT2D eigenvalue weighted by Crippen LogP contribution is 2.28. The van der Waals surface area contributed by atoms with Gasteiger partial charge in [0.15, 0.2) is 0 Å². The van der Waals surface area contributed by atoms with Crippen molar-refractivity contribution in [3.63, 3.8) is 0 Å². The molecule has 0 aliphatic carbocycles. The number of imide groups is 1. The number of hydrogen-bond donors (Lipinski definition) is 3. The number of nitrogens with one attached hydrogen (secondary N) is 3. The van der Waals surface area contributed by atoms with Crippen LogP contribution in [0.2, 0.25) is 5.02 Å². The number of rotatable bonds is 4. The molecule has 0 saturated carbocycles. The van der Waals surface area contributed by atoms with E-state index in [-0.39, 0.29) is 30.8 Å². The first-order valence-electron chi connectivity index (χ1n) is 9.97. The van der Waals surface area contributed by atoms with E-state index in [0.717, 1.165) is 11.1 Å². The highest BCUT2D eigenvalue weighted by atomic mass is 35.5. The summed E-state index contributed by atoms with van der Waals surface area (Å²) in [6, 6.07) is 11.1. The predicted octanol–water partition coefficient (Wildman–Crippen LogP) is 2.81. The molecule has 1 unspecified atom stereocenters. The van der Waals surface area contributed by atoms with Crippen molar-refractivity contribution in [2.24, 2.45) is 0 Å². The van der Waals surface area contributed by atoms with E-state index >= 15 is 0 Å². The third kappa shape index (κ3) is 4.69. The first kappa shape index (κ1) is 20.9. The van der Waals surface area contributed by atoms with Crippen LogP contribution in [0.25, 0.3) is 0 Å². The van der Waals surface area contributed by atoms with Gasteiger partial charge in [0.1, 0.15) is 6.04 Å². The third-order valence-electron chi connectivity index (χ3n) is 5.38. The van der Waals surface area contributed by atoms with Gasteiger partial charge in [-0.3, -0.25) is 19.7 Å². The fraction of sp³-hybridized carbons (Fsp3) is 0.273. The summed E-state index contributed by atoms with van der Waals surface area (Å²) >= 11 is 5.84. The van der Waals surface area contributed by atoms with Gasteiger partial charge in [-0.1, -0.05) is 23.7 Å². The van der Waals surface area contributed by atoms with E-state index in [1.807, 2.05) is 6.07 Å². The maximum Gasteiger partial charge on any atom is 0.319 e. The molecular formula is C22H21ClN4O4. The molecular weight excluding hydrogens is 420 g/mol. The second kappa shape index (κ2) is 8.77. The molecule has 31 heavy (non-hydrogen) atoms. The molecule has 0 bridgehead atoms. The zero-order chi connectivity index (χ0) is 22.0. The highest BCUT2D eigenvalue weighted by Gasteiger charge is 2.37. The summed E-state index contributed by atoms with van der Waals surface area (Å²) < 4.78 is 0. The summed E-state index contributed by atoms with van der Waals surface area (Å²) in [5.41, 5.74) is 2.79. The van der Waals surface area contributed by atoms with Crippen LogP contribution in [0.1, 0.15) is 40.7 Å². The topological polar surface area (TPSA) is 108 Å². The molecule has 0 radical (unpaired) electrons. The van der Waals surface area contributed by atoms with Gasteiger partial charge in [-0.2, -0.15) is 0 Å². The quantitative estimate of drug-likeness (QED) is 0.635. The first-order chi connectivity index (χ1) is 14.9. The molecule has 1 saturated heterocycles. The van der Waals surface area contributed by atoms with Gasteiger partial charge in [0.05, 0.1) is 0 Å². The average molecular weight is 441 g/mol. The van der Waals surface area contributed by atoms with Gasteiger partial charge >= 0.3 is 6.03 Å². The molecule has 2 aromatic rings. The van der Waals surface area contributed by atoms with Gasteiger partial charge in [0.25, 0.3) is 5.91 Å². The summed E-state index contributed by atoms with van der Waals surface area (Å²) in [6.07, 6.45) is 1.29. The van der Waals surface area contributed by atoms with E-state index in [2.05, 4.69) is 16.0 Å². The van der Waals surface area contributed by atoms with Crippen molar-refractivity contribution in [3.8, 4) is 0 Å². The van der Waals surface area contributed by atoms with Crippen molar-refractivity contribution in [1.82, 2.24) is 15.5 Å². The largest absolute Gasteiger partial charge is 0.334 e. The predicted molar refractivity (Wildman–Crippen MR) is 114 cm³/mol. The summed E-state index contributed by atoms with van der Waals surface area (Å²) in [5.74, 6) is -0.948. The van der Waals surface area contributed by atoms with Crippen LogP contribution in [-0.4, -0.2) is 34.7 Å². The van der Waals surface area contributed by atoms with Crippen molar-refractivity contribution in [2.45, 2.75) is 38.4 Å². The van der Waals surface area contributed by atoms with Crippen LogP contribution in [0.15, 0.2) is 42.5 Å². The zero-order valence-corrected chi connectivity index (χ0v) is 17.4. The molecule has 5 amide bonds. The Kier molecular flexibility index (Phi) is 5.90. The molecule has 1 fully saturated rings. The Labute approximate surface area is 183 Å². The Morgan fingerprint density at radius 1 is 1.13 bits per heavy atom. The minimum Gasteiger partial charge on any atom is -0.334 e. The number of benzene rings is 2. The lowest BCUT2D eigenvalue weighted by Gasteiger charge is -2.24. The number of anilines is 1. The number of amides is 5. The van der Waals surface area contributed by atoms with Crippen molar-refractivity contribution in [3.05, 3.63) is 64.2 Å². The molecule has 9 heteroatoms. The Balaban J connectivity index is 1.39. The van der Waals surface area contributed by atoms with E-state index < -0.39 is 11.9 Å². The van der Waals surface area contributed by atoms with Crippen molar-refractivity contribution in [2.75, 3.05) is 5.32 Å². The normalized spacial score (nSPS) is 18.3. The van der Waals surface area contributed by atoms with Crippen LogP contribution < -0.4 is 16.0 Å². The fourth-order valence-corrected chi connectivity index (χ4v) is 3.94. The molecule has 2 aliphatic rings. The molecule has 0 spiro atoms. The summed E-state index contributed by atoms with van der Waals surface area (Å²) in [7, 11) is 0. The van der Waals surface area contributed by atoms with Crippen LogP contribution in [0, 0.1) is 0 Å². The molecule has 0 aromatic heterocycles. The van der Waals surface area contributed by atoms with Crippen molar-refractivity contribution >= 4 is 41.0 Å². The monoisotopic (exact) mass is 440 g/mol. The van der Waals surface area contributed by atoms with Gasteiger partial charge in [-0.15, -0.1) is 0 Å². The van der Waals surface area contributed by atoms with Crippen molar-refractivity contribution < 1.29 is 19.2 Å². The lowest BCUT2D eigenvalue weighted by Crippen LogP contribution is -2.46. The molecule has 160 valence electrons. The minimum absolute atomic E-state index is 0.218. The third-order valence-corrected chi connectivity index (χ3v) is 5.63. The number of carbonyl (C=O) groups is 4. The SMILES string of the molecule is O=C1CCCC(N2Cc3cc(CNC(=O)Nc4ccc(Cl)cc4)ccc3C2=O)C(=O)N1. The lowest BCUT2D eigenvalue weighted by molar-refractivity contribution is -0.132. The Hall–Kier alpha value is -3.39. The Morgan fingerprint density at radius 2 is 1.90 bits per heavy atom. The molecule has 3 N–H and O–H groups in total. The zero-order valence-electron chi connectivity index (χ0n) is 16.6. The van der Waals surface area contributed by atoms with Crippen LogP contribution in [0.4, 0.5) is 10.5 Å². The summed E-state index contributed by atoms with van der Waals surface area (Å²) in [6.45, 7) is 0.574. The van der Waals surface area contributed by atoms with Gasteiger partial charge < -0.3 is 15.5 Å². The van der Waals surface area contributed by atoms with Crippen LogP contribution in [0.3, 0.4) is 0 Å². The molecule has 2 aliphatic heterocycles. The average Bonchev–Trinajstić information content (AvgIpc) is 2.96. The van der Waals surface area contributed by atoms with E-state index in [1.165, 1.54) is 4.90 Å².